The van der Waals surface area contributed by atoms with Gasteiger partial charge in [-0.05, 0) is 30.3 Å². The molecule has 0 spiro atoms. The monoisotopic (exact) mass is 280 g/mol. The summed E-state index contributed by atoms with van der Waals surface area (Å²) < 4.78 is 4.11. The Morgan fingerprint density at radius 2 is 1.90 bits per heavy atom. The van der Waals surface area contributed by atoms with E-state index >= 15 is 0 Å². The summed E-state index contributed by atoms with van der Waals surface area (Å²) >= 11 is 0. The van der Waals surface area contributed by atoms with Crippen LogP contribution >= 0.6 is 0 Å². The summed E-state index contributed by atoms with van der Waals surface area (Å²) in [5.41, 5.74) is 3.60. The number of hydrogen-bond donors (Lipinski definition) is 1. The molecule has 2 aromatic heterocycles. The van der Waals surface area contributed by atoms with E-state index in [1.807, 2.05) is 29.1 Å². The van der Waals surface area contributed by atoms with E-state index < -0.39 is 0 Å². The lowest BCUT2D eigenvalue weighted by Gasteiger charge is -2.01. The molecule has 21 heavy (non-hydrogen) atoms. The summed E-state index contributed by atoms with van der Waals surface area (Å²) in [6, 6.07) is 12.3. The summed E-state index contributed by atoms with van der Waals surface area (Å²) in [5.74, 6) is 0. The van der Waals surface area contributed by atoms with E-state index in [1.54, 1.807) is 0 Å². The number of rotatable bonds is 6. The molecular formula is C17H20N4. The van der Waals surface area contributed by atoms with Crippen LogP contribution < -0.4 is 5.32 Å². The highest BCUT2D eigenvalue weighted by Crippen LogP contribution is 2.10. The van der Waals surface area contributed by atoms with Gasteiger partial charge in [0.05, 0.1) is 18.4 Å². The molecule has 1 aromatic carbocycles. The van der Waals surface area contributed by atoms with Crippen molar-refractivity contribution >= 4 is 0 Å². The molecule has 3 rings (SSSR count). The first-order valence-corrected chi connectivity index (χ1v) is 7.29. The standard InChI is InChI=1S/C17H20N4/c1-2-18-10-15-8-9-20(12-15)13-16-11-19-21(14-16)17-6-4-3-5-7-17/h3-9,11-12,14,18H,2,10,13H2,1H3. The van der Waals surface area contributed by atoms with Gasteiger partial charge in [0.2, 0.25) is 0 Å². The van der Waals surface area contributed by atoms with Crippen LogP contribution in [-0.4, -0.2) is 20.9 Å². The van der Waals surface area contributed by atoms with Crippen molar-refractivity contribution in [3.63, 3.8) is 0 Å². The maximum absolute atomic E-state index is 4.43. The van der Waals surface area contributed by atoms with Gasteiger partial charge in [-0.15, -0.1) is 0 Å². The zero-order valence-electron chi connectivity index (χ0n) is 12.2. The van der Waals surface area contributed by atoms with Crippen molar-refractivity contribution in [2.24, 2.45) is 0 Å². The summed E-state index contributed by atoms with van der Waals surface area (Å²) in [4.78, 5) is 0. The minimum absolute atomic E-state index is 0.846. The fourth-order valence-corrected chi connectivity index (χ4v) is 2.34. The first-order chi connectivity index (χ1) is 10.3. The van der Waals surface area contributed by atoms with Crippen LogP contribution in [0.5, 0.6) is 0 Å². The average molecular weight is 280 g/mol. The Morgan fingerprint density at radius 1 is 1.05 bits per heavy atom. The van der Waals surface area contributed by atoms with Crippen LogP contribution in [0.2, 0.25) is 0 Å². The van der Waals surface area contributed by atoms with Crippen LogP contribution in [0, 0.1) is 0 Å². The molecule has 3 aromatic rings. The van der Waals surface area contributed by atoms with Crippen molar-refractivity contribution < 1.29 is 0 Å². The van der Waals surface area contributed by atoms with Gasteiger partial charge in [-0.1, -0.05) is 25.1 Å². The Hall–Kier alpha value is -2.33. The minimum atomic E-state index is 0.846. The van der Waals surface area contributed by atoms with Gasteiger partial charge < -0.3 is 9.88 Å². The molecule has 1 N–H and O–H groups in total. The van der Waals surface area contributed by atoms with Gasteiger partial charge in [0.15, 0.2) is 0 Å². The molecule has 0 saturated heterocycles. The van der Waals surface area contributed by atoms with Crippen molar-refractivity contribution in [2.75, 3.05) is 6.54 Å². The highest BCUT2D eigenvalue weighted by atomic mass is 15.3. The van der Waals surface area contributed by atoms with Gasteiger partial charge in [0.1, 0.15) is 0 Å². The molecule has 0 bridgehead atoms. The smallest absolute Gasteiger partial charge is 0.0645 e. The summed E-state index contributed by atoms with van der Waals surface area (Å²) in [6.07, 6.45) is 8.31. The largest absolute Gasteiger partial charge is 0.349 e. The van der Waals surface area contributed by atoms with Gasteiger partial charge in [0, 0.05) is 30.7 Å². The third-order valence-corrected chi connectivity index (χ3v) is 3.41. The molecule has 4 nitrogen and oxygen atoms in total. The zero-order valence-corrected chi connectivity index (χ0v) is 12.2. The van der Waals surface area contributed by atoms with Gasteiger partial charge >= 0.3 is 0 Å². The van der Waals surface area contributed by atoms with Crippen LogP contribution in [-0.2, 0) is 13.1 Å². The predicted molar refractivity (Wildman–Crippen MR) is 84.5 cm³/mol. The van der Waals surface area contributed by atoms with Crippen molar-refractivity contribution in [3.8, 4) is 5.69 Å². The molecule has 0 amide bonds. The molecule has 0 saturated carbocycles. The molecule has 0 atom stereocenters. The molecule has 0 aliphatic carbocycles. The third-order valence-electron chi connectivity index (χ3n) is 3.41. The third kappa shape index (κ3) is 3.41. The number of aromatic nitrogens is 3. The Balaban J connectivity index is 1.68. The Morgan fingerprint density at radius 3 is 2.71 bits per heavy atom. The summed E-state index contributed by atoms with van der Waals surface area (Å²) in [7, 11) is 0. The minimum Gasteiger partial charge on any atom is -0.349 e. The quantitative estimate of drug-likeness (QED) is 0.753. The molecule has 0 radical (unpaired) electrons. The van der Waals surface area contributed by atoms with E-state index in [-0.39, 0.29) is 0 Å². The summed E-state index contributed by atoms with van der Waals surface area (Å²) in [6.45, 7) is 4.88. The molecule has 4 heteroatoms. The van der Waals surface area contributed by atoms with Crippen LogP contribution in [0.15, 0.2) is 61.2 Å². The lowest BCUT2D eigenvalue weighted by Crippen LogP contribution is -2.11. The second kappa shape index (κ2) is 6.41. The second-order valence-corrected chi connectivity index (χ2v) is 5.10. The van der Waals surface area contributed by atoms with Crippen molar-refractivity contribution in [1.82, 2.24) is 19.7 Å². The summed E-state index contributed by atoms with van der Waals surface area (Å²) in [5, 5.41) is 7.77. The second-order valence-electron chi connectivity index (χ2n) is 5.10. The van der Waals surface area contributed by atoms with Crippen LogP contribution in [0.3, 0.4) is 0 Å². The van der Waals surface area contributed by atoms with Gasteiger partial charge in [0.25, 0.3) is 0 Å². The van der Waals surface area contributed by atoms with E-state index in [0.29, 0.717) is 0 Å². The Kier molecular flexibility index (Phi) is 4.17. The Labute approximate surface area is 125 Å². The number of benzene rings is 1. The van der Waals surface area contributed by atoms with E-state index in [9.17, 15) is 0 Å². The van der Waals surface area contributed by atoms with Crippen LogP contribution in [0.1, 0.15) is 18.1 Å². The van der Waals surface area contributed by atoms with Crippen molar-refractivity contribution in [3.05, 3.63) is 72.3 Å². The predicted octanol–water partition coefficient (Wildman–Crippen LogP) is 2.83. The van der Waals surface area contributed by atoms with Crippen molar-refractivity contribution in [1.29, 1.82) is 0 Å². The number of nitrogens with zero attached hydrogens (tertiary/aromatic N) is 3. The molecule has 108 valence electrons. The topological polar surface area (TPSA) is 34.8 Å². The van der Waals surface area contributed by atoms with Crippen molar-refractivity contribution in [2.45, 2.75) is 20.0 Å². The molecule has 2 heterocycles. The van der Waals surface area contributed by atoms with Gasteiger partial charge in [-0.2, -0.15) is 5.10 Å². The molecule has 0 fully saturated rings. The molecule has 0 aliphatic rings. The average Bonchev–Trinajstić information content (AvgIpc) is 3.16. The fraction of sp³-hybridized carbons (Fsp3) is 0.235. The normalized spacial score (nSPS) is 10.9. The lowest BCUT2D eigenvalue weighted by atomic mass is 10.3. The van der Waals surface area contributed by atoms with E-state index in [2.05, 4.69) is 58.7 Å². The number of hydrogen-bond acceptors (Lipinski definition) is 2. The first kappa shape index (κ1) is 13.6. The molecular weight excluding hydrogens is 260 g/mol. The van der Waals surface area contributed by atoms with E-state index in [0.717, 1.165) is 25.3 Å². The van der Waals surface area contributed by atoms with E-state index in [4.69, 9.17) is 0 Å². The molecule has 0 aliphatic heterocycles. The number of para-hydroxylation sites is 1. The van der Waals surface area contributed by atoms with Crippen LogP contribution in [0.4, 0.5) is 0 Å². The van der Waals surface area contributed by atoms with E-state index in [1.165, 1.54) is 11.1 Å². The molecule has 0 unspecified atom stereocenters. The Bertz CT molecular complexity index is 682. The maximum atomic E-state index is 4.43. The fourth-order valence-electron chi connectivity index (χ4n) is 2.34. The van der Waals surface area contributed by atoms with Gasteiger partial charge in [-0.3, -0.25) is 0 Å². The highest BCUT2D eigenvalue weighted by Gasteiger charge is 2.02. The lowest BCUT2D eigenvalue weighted by molar-refractivity contribution is 0.721. The van der Waals surface area contributed by atoms with Crippen LogP contribution in [0.25, 0.3) is 5.69 Å². The number of nitrogens with one attached hydrogen (secondary N) is 1. The maximum Gasteiger partial charge on any atom is 0.0645 e. The first-order valence-electron chi connectivity index (χ1n) is 7.29. The SMILES string of the molecule is CCNCc1ccn(Cc2cnn(-c3ccccc3)c2)c1. The van der Waals surface area contributed by atoms with Gasteiger partial charge in [-0.25, -0.2) is 4.68 Å². The zero-order chi connectivity index (χ0) is 14.5. The highest BCUT2D eigenvalue weighted by molar-refractivity contribution is 5.31.